The first-order chi connectivity index (χ1) is 9.80. The molecule has 0 fully saturated rings. The van der Waals surface area contributed by atoms with Crippen LogP contribution in [-0.4, -0.2) is 42.9 Å². The van der Waals surface area contributed by atoms with Crippen molar-refractivity contribution < 1.29 is 9.84 Å². The van der Waals surface area contributed by atoms with Crippen LogP contribution in [0, 0.1) is 11.8 Å². The third-order valence-electron chi connectivity index (χ3n) is 3.10. The summed E-state index contributed by atoms with van der Waals surface area (Å²) in [7, 11) is 0. The van der Waals surface area contributed by atoms with E-state index < -0.39 is 0 Å². The molecule has 0 aliphatic rings. The lowest BCUT2D eigenvalue weighted by Crippen LogP contribution is -2.29. The first-order valence-electron chi connectivity index (χ1n) is 7.35. The van der Waals surface area contributed by atoms with Gasteiger partial charge in [0.25, 0.3) is 0 Å². The Bertz CT molecular complexity index is 434. The van der Waals surface area contributed by atoms with E-state index >= 15 is 0 Å². The highest BCUT2D eigenvalue weighted by atomic mass is 16.5. The standard InChI is InChI=1S/C17H25NO2/c1-3-5-11-18(4-2)12-14-20-17-10-6-8-16(15-17)9-7-13-19/h6,8,10,15,19H,3-5,11-14H2,1-2H3. The summed E-state index contributed by atoms with van der Waals surface area (Å²) in [6.07, 6.45) is 2.46. The second-order valence-electron chi connectivity index (χ2n) is 4.62. The number of likely N-dealkylation sites (N-methyl/N-ethyl adjacent to an activating group) is 1. The van der Waals surface area contributed by atoms with Crippen LogP contribution in [0.1, 0.15) is 32.3 Å². The van der Waals surface area contributed by atoms with Gasteiger partial charge in [0.2, 0.25) is 0 Å². The average molecular weight is 275 g/mol. The topological polar surface area (TPSA) is 32.7 Å². The third-order valence-corrected chi connectivity index (χ3v) is 3.10. The van der Waals surface area contributed by atoms with Crippen LogP contribution >= 0.6 is 0 Å². The molecule has 0 bridgehead atoms. The van der Waals surface area contributed by atoms with E-state index in [4.69, 9.17) is 9.84 Å². The first kappa shape index (κ1) is 16.6. The van der Waals surface area contributed by atoms with Crippen molar-refractivity contribution in [3.63, 3.8) is 0 Å². The van der Waals surface area contributed by atoms with E-state index in [1.54, 1.807) is 0 Å². The van der Waals surface area contributed by atoms with E-state index in [0.717, 1.165) is 30.9 Å². The van der Waals surface area contributed by atoms with Gasteiger partial charge in [-0.25, -0.2) is 0 Å². The van der Waals surface area contributed by atoms with Gasteiger partial charge in [-0.05, 0) is 37.7 Å². The molecule has 0 saturated heterocycles. The summed E-state index contributed by atoms with van der Waals surface area (Å²) in [5.41, 5.74) is 0.870. The van der Waals surface area contributed by atoms with Crippen molar-refractivity contribution in [2.75, 3.05) is 32.8 Å². The highest BCUT2D eigenvalue weighted by molar-refractivity contribution is 5.39. The Hall–Kier alpha value is -1.50. The third kappa shape index (κ3) is 6.60. The summed E-state index contributed by atoms with van der Waals surface area (Å²) in [5.74, 6) is 6.36. The van der Waals surface area contributed by atoms with Gasteiger partial charge in [0.05, 0.1) is 0 Å². The van der Waals surface area contributed by atoms with Gasteiger partial charge in [-0.1, -0.05) is 38.2 Å². The Balaban J connectivity index is 2.41. The second kappa shape index (κ2) is 10.3. The normalized spacial score (nSPS) is 10.2. The number of hydrogen-bond acceptors (Lipinski definition) is 3. The molecule has 0 spiro atoms. The molecule has 3 nitrogen and oxygen atoms in total. The molecule has 1 rings (SSSR count). The second-order valence-corrected chi connectivity index (χ2v) is 4.62. The van der Waals surface area contributed by atoms with E-state index in [0.29, 0.717) is 6.61 Å². The smallest absolute Gasteiger partial charge is 0.120 e. The SMILES string of the molecule is CCCCN(CC)CCOc1cccc(C#CCO)c1. The van der Waals surface area contributed by atoms with E-state index in [-0.39, 0.29) is 6.61 Å². The van der Waals surface area contributed by atoms with Gasteiger partial charge >= 0.3 is 0 Å². The van der Waals surface area contributed by atoms with E-state index in [9.17, 15) is 0 Å². The number of rotatable bonds is 8. The molecule has 0 radical (unpaired) electrons. The summed E-state index contributed by atoms with van der Waals surface area (Å²) >= 11 is 0. The Morgan fingerprint density at radius 1 is 1.25 bits per heavy atom. The van der Waals surface area contributed by atoms with E-state index in [1.807, 2.05) is 24.3 Å². The van der Waals surface area contributed by atoms with Gasteiger partial charge in [-0.3, -0.25) is 0 Å². The van der Waals surface area contributed by atoms with Crippen LogP contribution in [0.2, 0.25) is 0 Å². The number of ether oxygens (including phenoxy) is 1. The molecule has 3 heteroatoms. The molecule has 1 aromatic carbocycles. The number of aliphatic hydroxyl groups is 1. The highest BCUT2D eigenvalue weighted by Gasteiger charge is 2.02. The van der Waals surface area contributed by atoms with Gasteiger partial charge < -0.3 is 14.7 Å². The molecule has 0 heterocycles. The molecule has 0 unspecified atom stereocenters. The summed E-state index contributed by atoms with van der Waals surface area (Å²) in [6.45, 7) is 8.11. The zero-order valence-corrected chi connectivity index (χ0v) is 12.6. The molecule has 0 atom stereocenters. The van der Waals surface area contributed by atoms with Gasteiger partial charge in [0.15, 0.2) is 0 Å². The summed E-state index contributed by atoms with van der Waals surface area (Å²) in [6, 6.07) is 7.68. The number of hydrogen-bond donors (Lipinski definition) is 1. The average Bonchev–Trinajstić information content (AvgIpc) is 2.49. The van der Waals surface area contributed by atoms with Crippen LogP contribution in [0.15, 0.2) is 24.3 Å². The lowest BCUT2D eigenvalue weighted by Gasteiger charge is -2.20. The van der Waals surface area contributed by atoms with Gasteiger partial charge in [0.1, 0.15) is 19.0 Å². The van der Waals surface area contributed by atoms with Crippen molar-refractivity contribution in [2.24, 2.45) is 0 Å². The molecule has 1 N–H and O–H groups in total. The molecule has 1 aromatic rings. The van der Waals surface area contributed by atoms with Crippen molar-refractivity contribution in [2.45, 2.75) is 26.7 Å². The van der Waals surface area contributed by atoms with Crippen LogP contribution in [0.5, 0.6) is 5.75 Å². The molecule has 20 heavy (non-hydrogen) atoms. The molecule has 0 saturated carbocycles. The van der Waals surface area contributed by atoms with Crippen molar-refractivity contribution in [1.29, 1.82) is 0 Å². The fraction of sp³-hybridized carbons (Fsp3) is 0.529. The minimum absolute atomic E-state index is 0.117. The maximum Gasteiger partial charge on any atom is 0.120 e. The van der Waals surface area contributed by atoms with Crippen molar-refractivity contribution >= 4 is 0 Å². The van der Waals surface area contributed by atoms with Crippen molar-refractivity contribution in [3.05, 3.63) is 29.8 Å². The minimum atomic E-state index is -0.117. The monoisotopic (exact) mass is 275 g/mol. The van der Waals surface area contributed by atoms with Gasteiger partial charge in [-0.2, -0.15) is 0 Å². The number of benzene rings is 1. The zero-order valence-electron chi connectivity index (χ0n) is 12.6. The molecule has 0 amide bonds. The van der Waals surface area contributed by atoms with Gasteiger partial charge in [-0.15, -0.1) is 0 Å². The maximum atomic E-state index is 8.69. The number of unbranched alkanes of at least 4 members (excludes halogenated alkanes) is 1. The number of aliphatic hydroxyl groups excluding tert-OH is 1. The Morgan fingerprint density at radius 2 is 2.10 bits per heavy atom. The summed E-state index contributed by atoms with van der Waals surface area (Å²) in [4.78, 5) is 2.40. The Kier molecular flexibility index (Phi) is 8.53. The molecule has 0 aliphatic heterocycles. The molecular formula is C17H25NO2. The van der Waals surface area contributed by atoms with Crippen molar-refractivity contribution in [1.82, 2.24) is 4.90 Å². The predicted molar refractivity (Wildman–Crippen MR) is 82.9 cm³/mol. The fourth-order valence-corrected chi connectivity index (χ4v) is 1.91. The van der Waals surface area contributed by atoms with Crippen LogP contribution in [-0.2, 0) is 0 Å². The minimum Gasteiger partial charge on any atom is -0.492 e. The molecular weight excluding hydrogens is 250 g/mol. The quantitative estimate of drug-likeness (QED) is 0.740. The summed E-state index contributed by atoms with van der Waals surface area (Å²) < 4.78 is 5.77. The Morgan fingerprint density at radius 3 is 2.80 bits per heavy atom. The molecule has 110 valence electrons. The van der Waals surface area contributed by atoms with Crippen LogP contribution < -0.4 is 4.74 Å². The molecule has 0 aromatic heterocycles. The van der Waals surface area contributed by atoms with Crippen LogP contribution in [0.3, 0.4) is 0 Å². The number of nitrogens with zero attached hydrogens (tertiary/aromatic N) is 1. The van der Waals surface area contributed by atoms with Gasteiger partial charge in [0, 0.05) is 12.1 Å². The Labute approximate surface area is 122 Å². The lowest BCUT2D eigenvalue weighted by molar-refractivity contribution is 0.213. The van der Waals surface area contributed by atoms with E-state index in [1.165, 1.54) is 12.8 Å². The summed E-state index contributed by atoms with van der Waals surface area (Å²) in [5, 5.41) is 8.69. The fourth-order valence-electron chi connectivity index (χ4n) is 1.91. The lowest BCUT2D eigenvalue weighted by atomic mass is 10.2. The molecule has 0 aliphatic carbocycles. The van der Waals surface area contributed by atoms with Crippen molar-refractivity contribution in [3.8, 4) is 17.6 Å². The highest BCUT2D eigenvalue weighted by Crippen LogP contribution is 2.12. The largest absolute Gasteiger partial charge is 0.492 e. The van der Waals surface area contributed by atoms with Crippen LogP contribution in [0.4, 0.5) is 0 Å². The predicted octanol–water partition coefficient (Wildman–Crippen LogP) is 2.53. The first-order valence-corrected chi connectivity index (χ1v) is 7.35. The van der Waals surface area contributed by atoms with Crippen LogP contribution in [0.25, 0.3) is 0 Å². The zero-order chi connectivity index (χ0) is 14.6. The van der Waals surface area contributed by atoms with E-state index in [2.05, 4.69) is 30.6 Å². The maximum absolute atomic E-state index is 8.69.